The van der Waals surface area contributed by atoms with Gasteiger partial charge in [0.1, 0.15) is 23.1 Å². The highest BCUT2D eigenvalue weighted by Crippen LogP contribution is 2.37. The van der Waals surface area contributed by atoms with Crippen LogP contribution in [0.2, 0.25) is 0 Å². The smallest absolute Gasteiger partial charge is 0.269 e. The fourth-order valence-corrected chi connectivity index (χ4v) is 3.78. The van der Waals surface area contributed by atoms with Crippen molar-refractivity contribution in [1.29, 1.82) is 0 Å². The maximum absolute atomic E-state index is 14.0. The second-order valence-corrected chi connectivity index (χ2v) is 6.95. The number of nitrogens with one attached hydrogen (secondary N) is 3. The molecule has 4 rings (SSSR count). The molecule has 25 heavy (non-hydrogen) atoms. The average Bonchev–Trinajstić information content (AvgIpc) is 2.99. The first kappa shape index (κ1) is 15.4. The number of halogens is 2. The molecule has 0 fully saturated rings. The fraction of sp³-hybridized carbons (Fsp3) is 0. The van der Waals surface area contributed by atoms with Crippen molar-refractivity contribution in [2.45, 2.75) is 4.90 Å². The highest BCUT2D eigenvalue weighted by molar-refractivity contribution is 7.90. The van der Waals surface area contributed by atoms with Crippen LogP contribution < -0.4 is 10.0 Å². The molecule has 2 heterocycles. The Bertz CT molecular complexity index is 1160. The lowest BCUT2D eigenvalue weighted by atomic mass is 10.2. The number of guanidine groups is 1. The van der Waals surface area contributed by atoms with Gasteiger partial charge in [-0.05, 0) is 30.3 Å². The topological polar surface area (TPSA) is 107 Å². The molecule has 4 N–H and O–H groups in total. The third-order valence-corrected chi connectivity index (χ3v) is 5.05. The number of nitrogens with zero attached hydrogens (tertiary/aromatic N) is 1. The van der Waals surface area contributed by atoms with Crippen LogP contribution in [-0.4, -0.2) is 24.5 Å². The quantitative estimate of drug-likeness (QED) is 0.532. The maximum Gasteiger partial charge on any atom is 0.269 e. The minimum atomic E-state index is -4.28. The van der Waals surface area contributed by atoms with E-state index in [1.807, 2.05) is 0 Å². The SMILES string of the molecule is O=S1(=O)NC(Nc2cc(F)c3[nH]ccc3c2)=Nc2c(O)ccc(F)c21. The summed E-state index contributed by atoms with van der Waals surface area (Å²) in [7, 11) is -4.28. The monoisotopic (exact) mass is 364 g/mol. The van der Waals surface area contributed by atoms with Crippen molar-refractivity contribution in [3.63, 3.8) is 0 Å². The molecule has 0 bridgehead atoms. The Balaban J connectivity index is 1.80. The van der Waals surface area contributed by atoms with Gasteiger partial charge >= 0.3 is 0 Å². The van der Waals surface area contributed by atoms with Gasteiger partial charge in [0.2, 0.25) is 5.96 Å². The molecule has 2 aromatic carbocycles. The van der Waals surface area contributed by atoms with Gasteiger partial charge in [0, 0.05) is 17.3 Å². The van der Waals surface area contributed by atoms with Gasteiger partial charge in [-0.25, -0.2) is 26.9 Å². The number of aromatic nitrogens is 1. The zero-order valence-corrected chi connectivity index (χ0v) is 13.2. The molecular weight excluding hydrogens is 354 g/mol. The van der Waals surface area contributed by atoms with Gasteiger partial charge in [-0.1, -0.05) is 0 Å². The van der Waals surface area contributed by atoms with Gasteiger partial charge < -0.3 is 15.4 Å². The normalized spacial score (nSPS) is 15.4. The molecule has 0 saturated carbocycles. The molecule has 10 heteroatoms. The largest absolute Gasteiger partial charge is 0.506 e. The highest BCUT2D eigenvalue weighted by atomic mass is 32.2. The Labute approximate surface area is 140 Å². The number of benzene rings is 2. The minimum absolute atomic E-state index is 0.227. The lowest BCUT2D eigenvalue weighted by molar-refractivity contribution is 0.469. The molecule has 0 radical (unpaired) electrons. The summed E-state index contributed by atoms with van der Waals surface area (Å²) in [6, 6.07) is 6.20. The van der Waals surface area contributed by atoms with Gasteiger partial charge in [0.15, 0.2) is 4.90 Å². The van der Waals surface area contributed by atoms with Gasteiger partial charge in [0.05, 0.1) is 5.52 Å². The van der Waals surface area contributed by atoms with Crippen molar-refractivity contribution in [1.82, 2.24) is 9.71 Å². The summed E-state index contributed by atoms with van der Waals surface area (Å²) in [5.74, 6) is -2.36. The van der Waals surface area contributed by atoms with Crippen LogP contribution in [0.15, 0.2) is 46.4 Å². The Morgan fingerprint density at radius 2 is 1.92 bits per heavy atom. The molecule has 1 aromatic heterocycles. The van der Waals surface area contributed by atoms with Gasteiger partial charge in [0.25, 0.3) is 10.0 Å². The van der Waals surface area contributed by atoms with Gasteiger partial charge in [-0.3, -0.25) is 0 Å². The third kappa shape index (κ3) is 2.47. The molecule has 3 aromatic rings. The van der Waals surface area contributed by atoms with E-state index in [2.05, 4.69) is 20.0 Å². The minimum Gasteiger partial charge on any atom is -0.506 e. The number of fused-ring (bicyclic) bond motifs is 2. The average molecular weight is 364 g/mol. The Morgan fingerprint density at radius 3 is 2.72 bits per heavy atom. The number of sulfonamides is 1. The van der Waals surface area contributed by atoms with E-state index in [1.165, 1.54) is 0 Å². The maximum atomic E-state index is 14.0. The van der Waals surface area contributed by atoms with Crippen molar-refractivity contribution in [3.8, 4) is 5.75 Å². The highest BCUT2D eigenvalue weighted by Gasteiger charge is 2.31. The Hall–Kier alpha value is -3.14. The zero-order valence-electron chi connectivity index (χ0n) is 12.3. The number of phenols is 1. The van der Waals surface area contributed by atoms with Crippen molar-refractivity contribution in [2.24, 2.45) is 4.99 Å². The predicted octanol–water partition coefficient (Wildman–Crippen LogP) is 2.54. The zero-order chi connectivity index (χ0) is 17.8. The third-order valence-electron chi connectivity index (χ3n) is 3.66. The lowest BCUT2D eigenvalue weighted by Crippen LogP contribution is -2.38. The number of hydrogen-bond donors (Lipinski definition) is 4. The number of hydrogen-bond acceptors (Lipinski definition) is 5. The van der Waals surface area contributed by atoms with Crippen molar-refractivity contribution >= 4 is 38.3 Å². The summed E-state index contributed by atoms with van der Waals surface area (Å²) in [5.41, 5.74) is 0.108. The molecule has 0 unspecified atom stereocenters. The molecule has 128 valence electrons. The summed E-state index contributed by atoms with van der Waals surface area (Å²) in [6.45, 7) is 0. The molecule has 0 saturated heterocycles. The van der Waals surface area contributed by atoms with E-state index < -0.39 is 38.0 Å². The molecule has 0 aliphatic carbocycles. The molecule has 1 aliphatic rings. The molecule has 1 aliphatic heterocycles. The van der Waals surface area contributed by atoms with E-state index in [-0.39, 0.29) is 11.6 Å². The van der Waals surface area contributed by atoms with Crippen molar-refractivity contribution < 1.29 is 22.3 Å². The number of anilines is 1. The standard InChI is InChI=1S/C15H10F2N4O3S/c16-9-1-2-11(22)13-14(9)25(23,24)21-15(20-13)19-8-5-7-3-4-18-12(7)10(17)6-8/h1-6,18,22H,(H2,19,20,21). The van der Waals surface area contributed by atoms with Crippen LogP contribution in [0.5, 0.6) is 5.75 Å². The van der Waals surface area contributed by atoms with Crippen LogP contribution in [0, 0.1) is 11.6 Å². The summed E-state index contributed by atoms with van der Waals surface area (Å²) in [5, 5.41) is 13.0. The molecule has 0 atom stereocenters. The number of rotatable bonds is 1. The van der Waals surface area contributed by atoms with E-state index in [1.54, 1.807) is 18.3 Å². The molecule has 0 amide bonds. The molecule has 7 nitrogen and oxygen atoms in total. The molecular formula is C15H10F2N4O3S. The summed E-state index contributed by atoms with van der Waals surface area (Å²) in [4.78, 5) is 5.88. The number of aromatic hydroxyl groups is 1. The van der Waals surface area contributed by atoms with Crippen molar-refractivity contribution in [3.05, 3.63) is 48.2 Å². The first-order chi connectivity index (χ1) is 11.8. The number of phenolic OH excluding ortho intramolecular Hbond substituents is 1. The first-order valence-electron chi connectivity index (χ1n) is 7.02. The number of aromatic amines is 1. The van der Waals surface area contributed by atoms with E-state index >= 15 is 0 Å². The number of H-pyrrole nitrogens is 1. The molecule has 0 spiro atoms. The number of aliphatic imine (C=N–C) groups is 1. The van der Waals surface area contributed by atoms with Gasteiger partial charge in [-0.2, -0.15) is 0 Å². The second-order valence-electron chi connectivity index (χ2n) is 5.34. The van der Waals surface area contributed by atoms with E-state index in [4.69, 9.17) is 0 Å². The summed E-state index contributed by atoms with van der Waals surface area (Å²) >= 11 is 0. The lowest BCUT2D eigenvalue weighted by Gasteiger charge is -2.20. The van der Waals surface area contributed by atoms with Crippen LogP contribution in [0.3, 0.4) is 0 Å². The van der Waals surface area contributed by atoms with Gasteiger partial charge in [-0.15, -0.1) is 0 Å². The van der Waals surface area contributed by atoms with E-state index in [0.717, 1.165) is 18.2 Å². The Kier molecular flexibility index (Phi) is 3.19. The summed E-state index contributed by atoms with van der Waals surface area (Å²) in [6.07, 6.45) is 1.56. The Morgan fingerprint density at radius 1 is 1.12 bits per heavy atom. The first-order valence-corrected chi connectivity index (χ1v) is 8.50. The van der Waals surface area contributed by atoms with Crippen LogP contribution in [0.25, 0.3) is 10.9 Å². The second kappa shape index (κ2) is 5.18. The summed E-state index contributed by atoms with van der Waals surface area (Å²) < 4.78 is 54.3. The predicted molar refractivity (Wildman–Crippen MR) is 87.4 cm³/mol. The van der Waals surface area contributed by atoms with Crippen molar-refractivity contribution in [2.75, 3.05) is 5.32 Å². The van der Waals surface area contributed by atoms with Crippen LogP contribution in [0.4, 0.5) is 20.2 Å². The van der Waals surface area contributed by atoms with E-state index in [0.29, 0.717) is 10.9 Å². The van der Waals surface area contributed by atoms with Crippen LogP contribution in [-0.2, 0) is 10.0 Å². The van der Waals surface area contributed by atoms with E-state index in [9.17, 15) is 22.3 Å². The van der Waals surface area contributed by atoms with Crippen LogP contribution >= 0.6 is 0 Å². The fourth-order valence-electron chi connectivity index (χ4n) is 2.60. The van der Waals surface area contributed by atoms with Crippen LogP contribution in [0.1, 0.15) is 0 Å².